The van der Waals surface area contributed by atoms with E-state index in [4.69, 9.17) is 4.74 Å². The Morgan fingerprint density at radius 1 is 1.56 bits per heavy atom. The van der Waals surface area contributed by atoms with E-state index in [0.717, 1.165) is 0 Å². The number of hydrogen-bond acceptors (Lipinski definition) is 5. The number of nitroso groups, excluding NO2 is 1. The lowest BCUT2D eigenvalue weighted by atomic mass is 9.85. The van der Waals surface area contributed by atoms with Crippen LogP contribution in [0.5, 0.6) is 0 Å². The van der Waals surface area contributed by atoms with Gasteiger partial charge in [0.15, 0.2) is 0 Å². The number of nitrogens with zero attached hydrogens (tertiary/aromatic N) is 1. The molecule has 0 rings (SSSR count). The third kappa shape index (κ3) is 5.63. The van der Waals surface area contributed by atoms with Crippen molar-refractivity contribution in [1.82, 2.24) is 5.32 Å². The SMILES string of the molecule is C=C(/C=C\NC(=C)[C@@H](O)C(C)(C)CN=O)OCC. The molecular weight excluding hydrogens is 232 g/mol. The number of ether oxygens (including phenoxy) is 1. The Labute approximate surface area is 108 Å². The molecule has 0 aliphatic rings. The van der Waals surface area contributed by atoms with Gasteiger partial charge < -0.3 is 15.2 Å². The average molecular weight is 254 g/mol. The summed E-state index contributed by atoms with van der Waals surface area (Å²) in [5.74, 6) is 0.515. The monoisotopic (exact) mass is 254 g/mol. The van der Waals surface area contributed by atoms with Gasteiger partial charge in [0.25, 0.3) is 0 Å². The zero-order chi connectivity index (χ0) is 14.2. The maximum absolute atomic E-state index is 10.3. The molecule has 0 saturated carbocycles. The van der Waals surface area contributed by atoms with E-state index in [9.17, 15) is 10.0 Å². The lowest BCUT2D eigenvalue weighted by molar-refractivity contribution is 0.0834. The van der Waals surface area contributed by atoms with Crippen LogP contribution >= 0.6 is 0 Å². The van der Waals surface area contributed by atoms with Crippen molar-refractivity contribution in [3.05, 3.63) is 41.8 Å². The molecule has 18 heavy (non-hydrogen) atoms. The predicted molar refractivity (Wildman–Crippen MR) is 72.6 cm³/mol. The summed E-state index contributed by atoms with van der Waals surface area (Å²) in [5, 5.41) is 15.6. The zero-order valence-corrected chi connectivity index (χ0v) is 11.3. The second kappa shape index (κ2) is 7.66. The first kappa shape index (κ1) is 16.4. The number of nitrogens with one attached hydrogen (secondary N) is 1. The van der Waals surface area contributed by atoms with Gasteiger partial charge in [-0.15, -0.1) is 0 Å². The third-order valence-electron chi connectivity index (χ3n) is 2.41. The van der Waals surface area contributed by atoms with Crippen molar-refractivity contribution in [2.24, 2.45) is 10.6 Å². The zero-order valence-electron chi connectivity index (χ0n) is 11.3. The van der Waals surface area contributed by atoms with E-state index < -0.39 is 11.5 Å². The first-order valence-corrected chi connectivity index (χ1v) is 5.76. The molecule has 2 N–H and O–H groups in total. The first-order valence-electron chi connectivity index (χ1n) is 5.76. The van der Waals surface area contributed by atoms with E-state index in [1.54, 1.807) is 26.1 Å². The second-order valence-corrected chi connectivity index (χ2v) is 4.58. The summed E-state index contributed by atoms with van der Waals surface area (Å²) in [5.41, 5.74) is -0.263. The van der Waals surface area contributed by atoms with E-state index in [0.29, 0.717) is 18.1 Å². The van der Waals surface area contributed by atoms with E-state index >= 15 is 0 Å². The molecule has 0 radical (unpaired) electrons. The second-order valence-electron chi connectivity index (χ2n) is 4.58. The van der Waals surface area contributed by atoms with Crippen LogP contribution in [0.1, 0.15) is 20.8 Å². The molecule has 0 heterocycles. The van der Waals surface area contributed by atoms with Crippen molar-refractivity contribution in [1.29, 1.82) is 0 Å². The molecule has 0 spiro atoms. The summed E-state index contributed by atoms with van der Waals surface area (Å²) >= 11 is 0. The number of allylic oxidation sites excluding steroid dienone is 1. The highest BCUT2D eigenvalue weighted by atomic mass is 16.5. The van der Waals surface area contributed by atoms with Gasteiger partial charge in [-0.2, -0.15) is 4.91 Å². The number of aliphatic hydroxyl groups excluding tert-OH is 1. The smallest absolute Gasteiger partial charge is 0.113 e. The predicted octanol–water partition coefficient (Wildman–Crippen LogP) is 2.31. The average Bonchev–Trinajstić information content (AvgIpc) is 2.28. The Morgan fingerprint density at radius 3 is 2.67 bits per heavy atom. The van der Waals surface area contributed by atoms with Gasteiger partial charge in [-0.1, -0.05) is 32.2 Å². The largest absolute Gasteiger partial charge is 0.494 e. The van der Waals surface area contributed by atoms with Gasteiger partial charge in [-0.25, -0.2) is 0 Å². The lowest BCUT2D eigenvalue weighted by Gasteiger charge is -2.29. The van der Waals surface area contributed by atoms with Crippen molar-refractivity contribution < 1.29 is 9.84 Å². The van der Waals surface area contributed by atoms with Gasteiger partial charge in [0.2, 0.25) is 0 Å². The first-order chi connectivity index (χ1) is 8.35. The number of rotatable bonds is 9. The minimum atomic E-state index is -0.875. The van der Waals surface area contributed by atoms with Crippen molar-refractivity contribution in [3.8, 4) is 0 Å². The summed E-state index contributed by atoms with van der Waals surface area (Å²) in [6, 6.07) is 0. The fourth-order valence-electron chi connectivity index (χ4n) is 1.28. The van der Waals surface area contributed by atoms with Crippen LogP contribution in [0.25, 0.3) is 0 Å². The minimum Gasteiger partial charge on any atom is -0.494 e. The molecule has 5 heteroatoms. The van der Waals surface area contributed by atoms with Gasteiger partial charge >= 0.3 is 0 Å². The molecule has 5 nitrogen and oxygen atoms in total. The molecule has 0 aromatic carbocycles. The minimum absolute atomic E-state index is 0.0181. The fourth-order valence-corrected chi connectivity index (χ4v) is 1.28. The van der Waals surface area contributed by atoms with Crippen LogP contribution in [0.3, 0.4) is 0 Å². The highest BCUT2D eigenvalue weighted by Crippen LogP contribution is 2.24. The van der Waals surface area contributed by atoms with Gasteiger partial charge in [0.1, 0.15) is 11.9 Å². The number of hydrogen-bond donors (Lipinski definition) is 2. The fraction of sp³-hybridized carbons (Fsp3) is 0.538. The molecule has 0 unspecified atom stereocenters. The van der Waals surface area contributed by atoms with Gasteiger partial charge in [0.05, 0.1) is 13.2 Å². The van der Waals surface area contributed by atoms with Crippen molar-refractivity contribution in [2.75, 3.05) is 13.2 Å². The van der Waals surface area contributed by atoms with Crippen molar-refractivity contribution >= 4 is 0 Å². The molecule has 0 bridgehead atoms. The Bertz CT molecular complexity index is 335. The molecule has 0 fully saturated rings. The topological polar surface area (TPSA) is 70.9 Å². The van der Waals surface area contributed by atoms with Crippen LogP contribution in [0.4, 0.5) is 0 Å². The van der Waals surface area contributed by atoms with Gasteiger partial charge in [-0.3, -0.25) is 0 Å². The Kier molecular flexibility index (Phi) is 6.97. The van der Waals surface area contributed by atoms with Crippen LogP contribution in [0.2, 0.25) is 0 Å². The van der Waals surface area contributed by atoms with Crippen LogP contribution in [-0.4, -0.2) is 24.4 Å². The molecule has 1 atom stereocenters. The lowest BCUT2D eigenvalue weighted by Crippen LogP contribution is -2.36. The molecule has 0 aliphatic carbocycles. The highest BCUT2D eigenvalue weighted by molar-refractivity contribution is 5.13. The Morgan fingerprint density at radius 2 is 2.17 bits per heavy atom. The van der Waals surface area contributed by atoms with E-state index in [1.165, 1.54) is 0 Å². The molecule has 0 aromatic heterocycles. The van der Waals surface area contributed by atoms with Crippen LogP contribution in [-0.2, 0) is 4.74 Å². The molecular formula is C13H22N2O3. The Balaban J connectivity index is 4.33. The van der Waals surface area contributed by atoms with Gasteiger partial charge in [0, 0.05) is 17.3 Å². The standard InChI is InChI=1S/C13H22N2O3/c1-6-18-10(2)7-8-14-11(3)12(16)13(4,5)9-15-17/h7-8,12,14,16H,2-3,6,9H2,1,4-5H3/b8-7-/t12-/m1/s1. The van der Waals surface area contributed by atoms with E-state index in [2.05, 4.69) is 23.7 Å². The summed E-state index contributed by atoms with van der Waals surface area (Å²) in [4.78, 5) is 10.3. The maximum atomic E-state index is 10.3. The van der Waals surface area contributed by atoms with E-state index in [-0.39, 0.29) is 6.54 Å². The quantitative estimate of drug-likeness (QED) is 0.376. The van der Waals surface area contributed by atoms with Crippen molar-refractivity contribution in [3.63, 3.8) is 0 Å². The Hall–Kier alpha value is -1.62. The van der Waals surface area contributed by atoms with E-state index in [1.807, 2.05) is 6.92 Å². The summed E-state index contributed by atoms with van der Waals surface area (Å²) in [6.45, 7) is 13.3. The van der Waals surface area contributed by atoms with Crippen LogP contribution in [0, 0.1) is 10.3 Å². The molecule has 102 valence electrons. The molecule has 0 saturated heterocycles. The highest BCUT2D eigenvalue weighted by Gasteiger charge is 2.30. The van der Waals surface area contributed by atoms with Gasteiger partial charge in [-0.05, 0) is 13.0 Å². The van der Waals surface area contributed by atoms with Crippen LogP contribution in [0.15, 0.2) is 42.1 Å². The maximum Gasteiger partial charge on any atom is 0.113 e. The summed E-state index contributed by atoms with van der Waals surface area (Å²) < 4.78 is 5.12. The summed E-state index contributed by atoms with van der Waals surface area (Å²) in [7, 11) is 0. The van der Waals surface area contributed by atoms with Crippen LogP contribution < -0.4 is 5.32 Å². The summed E-state index contributed by atoms with van der Waals surface area (Å²) in [6.07, 6.45) is 2.33. The normalized spacial score (nSPS) is 13.1. The third-order valence-corrected chi connectivity index (χ3v) is 2.41. The number of aliphatic hydroxyl groups is 1. The molecule has 0 aliphatic heterocycles. The molecule has 0 amide bonds. The van der Waals surface area contributed by atoms with Crippen molar-refractivity contribution in [2.45, 2.75) is 26.9 Å². The molecule has 0 aromatic rings.